The molecule has 1 aromatic heterocycles. The second-order valence-electron chi connectivity index (χ2n) is 7.59. The SMILES string of the molecule is COc1ccc2c(C(=O)NC3C4CC5C(C4)C53C(=O)O)cc(=O)[nH]c2c1. The Kier molecular flexibility index (Phi) is 2.89. The molecule has 0 aliphatic heterocycles. The van der Waals surface area contributed by atoms with Gasteiger partial charge in [-0.2, -0.15) is 0 Å². The van der Waals surface area contributed by atoms with Gasteiger partial charge in [0.15, 0.2) is 0 Å². The van der Waals surface area contributed by atoms with Gasteiger partial charge in [-0.15, -0.1) is 0 Å². The third-order valence-corrected chi connectivity index (χ3v) is 6.65. The summed E-state index contributed by atoms with van der Waals surface area (Å²) in [5.41, 5.74) is -0.410. The van der Waals surface area contributed by atoms with Crippen molar-refractivity contribution in [2.45, 2.75) is 18.9 Å². The predicted molar refractivity (Wildman–Crippen MR) is 92.1 cm³/mol. The molecule has 134 valence electrons. The van der Waals surface area contributed by atoms with Crippen molar-refractivity contribution in [2.24, 2.45) is 23.2 Å². The van der Waals surface area contributed by atoms with E-state index in [1.54, 1.807) is 18.2 Å². The first-order valence-electron chi connectivity index (χ1n) is 8.72. The van der Waals surface area contributed by atoms with Crippen molar-refractivity contribution in [3.63, 3.8) is 0 Å². The quantitative estimate of drug-likeness (QED) is 0.769. The molecule has 4 aliphatic rings. The standard InChI is InChI=1S/C19H18N2O5/c1-26-9-2-3-10-11(7-15(22)20-14(10)6-9)17(23)21-16-8-4-12-13(5-8)19(12,16)18(24)25/h2-3,6-8,12-13,16H,4-5H2,1H3,(H,20,22)(H,21,23)(H,24,25). The number of rotatable bonds is 4. The third kappa shape index (κ3) is 1.75. The lowest BCUT2D eigenvalue weighted by molar-refractivity contribution is -0.144. The molecule has 7 heteroatoms. The van der Waals surface area contributed by atoms with Gasteiger partial charge < -0.3 is 20.1 Å². The number of carbonyl (C=O) groups is 2. The number of methoxy groups -OCH3 is 1. The summed E-state index contributed by atoms with van der Waals surface area (Å²) >= 11 is 0. The van der Waals surface area contributed by atoms with Crippen LogP contribution in [-0.2, 0) is 4.79 Å². The van der Waals surface area contributed by atoms with E-state index in [2.05, 4.69) is 10.3 Å². The Bertz CT molecular complexity index is 1010. The average molecular weight is 354 g/mol. The van der Waals surface area contributed by atoms with Crippen LogP contribution in [0.5, 0.6) is 5.75 Å². The van der Waals surface area contributed by atoms with Gasteiger partial charge >= 0.3 is 5.97 Å². The Hall–Kier alpha value is -2.83. The van der Waals surface area contributed by atoms with Crippen molar-refractivity contribution in [1.82, 2.24) is 10.3 Å². The first-order valence-corrected chi connectivity index (χ1v) is 8.72. The number of aromatic nitrogens is 1. The van der Waals surface area contributed by atoms with Gasteiger partial charge in [-0.3, -0.25) is 14.4 Å². The molecule has 3 atom stereocenters. The average Bonchev–Trinajstić information content (AvgIpc) is 2.95. The lowest BCUT2D eigenvalue weighted by atomic mass is 9.96. The predicted octanol–water partition coefficient (Wildman–Crippen LogP) is 1.38. The number of pyridine rings is 1. The summed E-state index contributed by atoms with van der Waals surface area (Å²) in [6.07, 6.45) is 1.74. The van der Waals surface area contributed by atoms with Gasteiger partial charge in [0.1, 0.15) is 5.75 Å². The highest BCUT2D eigenvalue weighted by atomic mass is 16.5. The van der Waals surface area contributed by atoms with E-state index >= 15 is 0 Å². The van der Waals surface area contributed by atoms with Crippen LogP contribution >= 0.6 is 0 Å². The molecule has 4 aliphatic carbocycles. The Morgan fingerprint density at radius 2 is 2.00 bits per heavy atom. The molecule has 0 spiro atoms. The van der Waals surface area contributed by atoms with E-state index in [4.69, 9.17) is 4.74 Å². The molecular weight excluding hydrogens is 336 g/mol. The minimum atomic E-state index is -0.807. The van der Waals surface area contributed by atoms with Crippen molar-refractivity contribution in [1.29, 1.82) is 0 Å². The molecule has 4 bridgehead atoms. The van der Waals surface area contributed by atoms with Crippen molar-refractivity contribution in [3.05, 3.63) is 40.2 Å². The van der Waals surface area contributed by atoms with Crippen LogP contribution in [0.25, 0.3) is 10.9 Å². The summed E-state index contributed by atoms with van der Waals surface area (Å²) < 4.78 is 5.16. The van der Waals surface area contributed by atoms with E-state index in [1.807, 2.05) is 0 Å². The lowest BCUT2D eigenvalue weighted by Crippen LogP contribution is -2.45. The zero-order valence-corrected chi connectivity index (χ0v) is 14.1. The topological polar surface area (TPSA) is 108 Å². The van der Waals surface area contributed by atoms with Gasteiger partial charge in [0.2, 0.25) is 5.56 Å². The van der Waals surface area contributed by atoms with E-state index in [0.29, 0.717) is 16.7 Å². The molecular formula is C19H18N2O5. The van der Waals surface area contributed by atoms with Crippen LogP contribution in [0.2, 0.25) is 0 Å². The highest BCUT2D eigenvalue weighted by Crippen LogP contribution is 2.79. The summed E-state index contributed by atoms with van der Waals surface area (Å²) in [5, 5.41) is 13.3. The largest absolute Gasteiger partial charge is 0.497 e. The van der Waals surface area contributed by atoms with E-state index in [-0.39, 0.29) is 34.9 Å². The highest BCUT2D eigenvalue weighted by Gasteiger charge is 2.83. The Morgan fingerprint density at radius 3 is 2.65 bits per heavy atom. The molecule has 0 saturated heterocycles. The van der Waals surface area contributed by atoms with Crippen LogP contribution < -0.4 is 15.6 Å². The molecule has 1 amide bonds. The van der Waals surface area contributed by atoms with E-state index in [9.17, 15) is 19.5 Å². The number of hydrogen-bond donors (Lipinski definition) is 3. The molecule has 26 heavy (non-hydrogen) atoms. The first-order chi connectivity index (χ1) is 12.5. The van der Waals surface area contributed by atoms with Crippen LogP contribution in [0, 0.1) is 23.2 Å². The molecule has 4 fully saturated rings. The van der Waals surface area contributed by atoms with Crippen LogP contribution in [-0.4, -0.2) is 35.1 Å². The summed E-state index contributed by atoms with van der Waals surface area (Å²) in [5.74, 6) is -0.0225. The lowest BCUT2D eigenvalue weighted by Gasteiger charge is -2.22. The zero-order chi connectivity index (χ0) is 18.2. The monoisotopic (exact) mass is 354 g/mol. The van der Waals surface area contributed by atoms with Gasteiger partial charge in [-0.05, 0) is 42.7 Å². The summed E-state index contributed by atoms with van der Waals surface area (Å²) in [7, 11) is 1.53. The molecule has 6 rings (SSSR count). The molecule has 1 aromatic carbocycles. The first kappa shape index (κ1) is 15.4. The Morgan fingerprint density at radius 1 is 1.27 bits per heavy atom. The number of amides is 1. The number of aliphatic carboxylic acids is 1. The van der Waals surface area contributed by atoms with Crippen LogP contribution in [0.3, 0.4) is 0 Å². The number of carboxylic acid groups (broad SMARTS) is 1. The molecule has 3 N–H and O–H groups in total. The smallest absolute Gasteiger partial charge is 0.312 e. The van der Waals surface area contributed by atoms with Gasteiger partial charge in [-0.25, -0.2) is 0 Å². The number of carboxylic acids is 1. The fraction of sp³-hybridized carbons (Fsp3) is 0.421. The number of ether oxygens (including phenoxy) is 1. The van der Waals surface area contributed by atoms with E-state index < -0.39 is 17.3 Å². The number of aromatic amines is 1. The molecule has 3 unspecified atom stereocenters. The maximum atomic E-state index is 12.9. The number of H-pyrrole nitrogens is 1. The van der Waals surface area contributed by atoms with Gasteiger partial charge in [0.05, 0.1) is 23.6 Å². The second kappa shape index (κ2) is 4.87. The van der Waals surface area contributed by atoms with Crippen molar-refractivity contribution < 1.29 is 19.4 Å². The second-order valence-corrected chi connectivity index (χ2v) is 7.59. The number of hydrogen-bond acceptors (Lipinski definition) is 4. The highest BCUT2D eigenvalue weighted by molar-refractivity contribution is 6.06. The van der Waals surface area contributed by atoms with Crippen LogP contribution in [0.15, 0.2) is 29.1 Å². The van der Waals surface area contributed by atoms with Gasteiger partial charge in [-0.1, -0.05) is 0 Å². The maximum Gasteiger partial charge on any atom is 0.312 e. The van der Waals surface area contributed by atoms with E-state index in [1.165, 1.54) is 13.2 Å². The third-order valence-electron chi connectivity index (χ3n) is 6.65. The maximum absolute atomic E-state index is 12.9. The summed E-state index contributed by atoms with van der Waals surface area (Å²) in [6.45, 7) is 0. The zero-order valence-electron chi connectivity index (χ0n) is 14.1. The van der Waals surface area contributed by atoms with Crippen molar-refractivity contribution in [2.75, 3.05) is 7.11 Å². The molecule has 4 saturated carbocycles. The fourth-order valence-electron chi connectivity index (χ4n) is 5.61. The number of fused-ring (bicyclic) bond motifs is 1. The van der Waals surface area contributed by atoms with Gasteiger partial charge in [0.25, 0.3) is 5.91 Å². The summed E-state index contributed by atoms with van der Waals surface area (Å²) in [6, 6.07) is 6.02. The van der Waals surface area contributed by atoms with Crippen molar-refractivity contribution in [3.8, 4) is 5.75 Å². The molecule has 7 nitrogen and oxygen atoms in total. The minimum absolute atomic E-state index is 0.190. The Balaban J connectivity index is 1.52. The number of carbonyl (C=O) groups excluding carboxylic acids is 1. The molecule has 1 heterocycles. The number of nitrogens with one attached hydrogen (secondary N) is 2. The van der Waals surface area contributed by atoms with Gasteiger partial charge in [0, 0.05) is 23.6 Å². The minimum Gasteiger partial charge on any atom is -0.497 e. The van der Waals surface area contributed by atoms with Crippen LogP contribution in [0.1, 0.15) is 23.2 Å². The Labute approximate surface area is 148 Å². The van der Waals surface area contributed by atoms with Crippen LogP contribution in [0.4, 0.5) is 0 Å². The molecule has 0 radical (unpaired) electrons. The molecule has 2 aromatic rings. The van der Waals surface area contributed by atoms with E-state index in [0.717, 1.165) is 12.8 Å². The normalized spacial score (nSPS) is 33.3. The summed E-state index contributed by atoms with van der Waals surface area (Å²) in [4.78, 5) is 39.5. The van der Waals surface area contributed by atoms with Crippen molar-refractivity contribution >= 4 is 22.8 Å². The number of benzene rings is 1. The fourth-order valence-corrected chi connectivity index (χ4v) is 5.61.